The van der Waals surface area contributed by atoms with E-state index in [-0.39, 0.29) is 5.78 Å². The van der Waals surface area contributed by atoms with Crippen molar-refractivity contribution in [3.63, 3.8) is 0 Å². The average molecular weight is 398 g/mol. The summed E-state index contributed by atoms with van der Waals surface area (Å²) in [6.45, 7) is 7.60. The molecule has 2 nitrogen and oxygen atoms in total. The quantitative estimate of drug-likeness (QED) is 0.281. The molecule has 0 spiro atoms. The van der Waals surface area contributed by atoms with E-state index in [0.29, 0.717) is 5.92 Å². The minimum absolute atomic E-state index is 0.0983. The summed E-state index contributed by atoms with van der Waals surface area (Å²) in [7, 11) is 0. The van der Waals surface area contributed by atoms with Crippen molar-refractivity contribution in [3.8, 4) is 0 Å². The van der Waals surface area contributed by atoms with Crippen LogP contribution in [0.1, 0.15) is 61.0 Å². The van der Waals surface area contributed by atoms with Gasteiger partial charge in [0.15, 0.2) is 5.78 Å². The van der Waals surface area contributed by atoms with Crippen LogP contribution >= 0.6 is 0 Å². The summed E-state index contributed by atoms with van der Waals surface area (Å²) in [4.78, 5) is 13.2. The number of nitrogens with zero attached hydrogens (tertiary/aromatic N) is 1. The van der Waals surface area contributed by atoms with E-state index in [2.05, 4.69) is 54.8 Å². The minimum atomic E-state index is 0.0983. The van der Waals surface area contributed by atoms with Gasteiger partial charge in [-0.25, -0.2) is 0 Å². The van der Waals surface area contributed by atoms with E-state index in [1.807, 2.05) is 37.3 Å². The van der Waals surface area contributed by atoms with Crippen LogP contribution in [0.2, 0.25) is 0 Å². The third-order valence-electron chi connectivity index (χ3n) is 6.41. The second kappa shape index (κ2) is 8.87. The Morgan fingerprint density at radius 3 is 2.40 bits per heavy atom. The van der Waals surface area contributed by atoms with Crippen molar-refractivity contribution in [2.24, 2.45) is 5.92 Å². The van der Waals surface area contributed by atoms with Crippen LogP contribution in [-0.2, 0) is 6.54 Å². The van der Waals surface area contributed by atoms with E-state index in [1.165, 1.54) is 47.5 Å². The van der Waals surface area contributed by atoms with Crippen molar-refractivity contribution in [1.29, 1.82) is 0 Å². The Balaban J connectivity index is 1.80. The van der Waals surface area contributed by atoms with Crippen LogP contribution in [0.25, 0.3) is 21.8 Å². The molecule has 0 radical (unpaired) electrons. The van der Waals surface area contributed by atoms with Gasteiger partial charge in [-0.2, -0.15) is 0 Å². The smallest absolute Gasteiger partial charge is 0.193 e. The van der Waals surface area contributed by atoms with Crippen molar-refractivity contribution in [3.05, 3.63) is 83.4 Å². The fourth-order valence-electron chi connectivity index (χ4n) is 4.55. The van der Waals surface area contributed by atoms with Gasteiger partial charge in [-0.05, 0) is 49.1 Å². The molecular weight excluding hydrogens is 366 g/mol. The largest absolute Gasteiger partial charge is 0.340 e. The van der Waals surface area contributed by atoms with Gasteiger partial charge in [0.1, 0.15) is 0 Å². The number of aromatic nitrogens is 1. The highest BCUT2D eigenvalue weighted by Gasteiger charge is 2.17. The first-order valence-electron chi connectivity index (χ1n) is 11.2. The molecule has 30 heavy (non-hydrogen) atoms. The van der Waals surface area contributed by atoms with Gasteiger partial charge < -0.3 is 4.57 Å². The van der Waals surface area contributed by atoms with Crippen molar-refractivity contribution in [1.82, 2.24) is 4.57 Å². The number of fused-ring (bicyclic) bond motifs is 3. The summed E-state index contributed by atoms with van der Waals surface area (Å²) >= 11 is 0. The van der Waals surface area contributed by atoms with E-state index < -0.39 is 0 Å². The van der Waals surface area contributed by atoms with E-state index in [9.17, 15) is 4.79 Å². The predicted molar refractivity (Wildman–Crippen MR) is 127 cm³/mol. The summed E-state index contributed by atoms with van der Waals surface area (Å²) < 4.78 is 2.47. The molecule has 0 aliphatic carbocycles. The van der Waals surface area contributed by atoms with Gasteiger partial charge in [-0.3, -0.25) is 4.79 Å². The third kappa shape index (κ3) is 3.79. The summed E-state index contributed by atoms with van der Waals surface area (Å²) in [5.74, 6) is 0.776. The molecule has 2 heteroatoms. The molecule has 1 unspecified atom stereocenters. The Bertz CT molecular complexity index is 1180. The first kappa shape index (κ1) is 20.4. The Labute approximate surface area is 179 Å². The number of unbranched alkanes of at least 4 members (excludes halogenated alkanes) is 1. The van der Waals surface area contributed by atoms with Crippen LogP contribution in [0.4, 0.5) is 0 Å². The molecule has 0 amide bonds. The van der Waals surface area contributed by atoms with E-state index in [4.69, 9.17) is 0 Å². The Morgan fingerprint density at radius 1 is 0.900 bits per heavy atom. The van der Waals surface area contributed by atoms with Gasteiger partial charge in [0.25, 0.3) is 0 Å². The lowest BCUT2D eigenvalue weighted by Gasteiger charge is -2.17. The molecule has 154 valence electrons. The molecule has 0 saturated heterocycles. The molecule has 1 aromatic heterocycles. The fraction of sp³-hybridized carbons (Fsp3) is 0.321. The maximum absolute atomic E-state index is 13.2. The maximum Gasteiger partial charge on any atom is 0.193 e. The number of rotatable bonds is 8. The molecule has 0 aliphatic rings. The van der Waals surface area contributed by atoms with Gasteiger partial charge in [0.2, 0.25) is 0 Å². The number of hydrogen-bond acceptors (Lipinski definition) is 1. The summed E-state index contributed by atoms with van der Waals surface area (Å²) in [5.41, 5.74) is 5.06. The number of para-hydroxylation sites is 1. The number of carbonyl (C=O) groups is 1. The summed E-state index contributed by atoms with van der Waals surface area (Å²) in [6, 6.07) is 22.7. The Morgan fingerprint density at radius 2 is 1.63 bits per heavy atom. The molecule has 0 N–H and O–H groups in total. The Kier molecular flexibility index (Phi) is 6.03. The van der Waals surface area contributed by atoms with Crippen LogP contribution in [0.15, 0.2) is 66.7 Å². The zero-order valence-electron chi connectivity index (χ0n) is 18.3. The number of benzene rings is 3. The number of carbonyl (C=O) groups excluding carboxylic acids is 1. The van der Waals surface area contributed by atoms with Crippen molar-refractivity contribution in [2.75, 3.05) is 0 Å². The molecule has 3 aromatic carbocycles. The highest BCUT2D eigenvalue weighted by Crippen LogP contribution is 2.32. The second-order valence-corrected chi connectivity index (χ2v) is 8.42. The van der Waals surface area contributed by atoms with E-state index in [0.717, 1.165) is 23.2 Å². The average Bonchev–Trinajstić information content (AvgIpc) is 3.09. The maximum atomic E-state index is 13.2. The number of hydrogen-bond donors (Lipinski definition) is 0. The summed E-state index contributed by atoms with van der Waals surface area (Å²) in [6.07, 6.45) is 4.99. The van der Waals surface area contributed by atoms with E-state index in [1.54, 1.807) is 0 Å². The molecule has 0 bridgehead atoms. The molecule has 4 rings (SSSR count). The van der Waals surface area contributed by atoms with Gasteiger partial charge in [0, 0.05) is 39.5 Å². The predicted octanol–water partition coefficient (Wildman–Crippen LogP) is 7.55. The van der Waals surface area contributed by atoms with Crippen molar-refractivity contribution in [2.45, 2.75) is 53.0 Å². The van der Waals surface area contributed by atoms with Crippen LogP contribution < -0.4 is 0 Å². The van der Waals surface area contributed by atoms with Crippen LogP contribution in [0, 0.1) is 12.8 Å². The van der Waals surface area contributed by atoms with E-state index >= 15 is 0 Å². The van der Waals surface area contributed by atoms with Crippen LogP contribution in [-0.4, -0.2) is 10.4 Å². The Hall–Kier alpha value is -2.87. The molecule has 1 atom stereocenters. The van der Waals surface area contributed by atoms with Gasteiger partial charge in [-0.15, -0.1) is 0 Å². The molecule has 0 saturated carbocycles. The highest BCUT2D eigenvalue weighted by atomic mass is 16.1. The third-order valence-corrected chi connectivity index (χ3v) is 6.41. The van der Waals surface area contributed by atoms with Gasteiger partial charge in [-0.1, -0.05) is 75.6 Å². The zero-order chi connectivity index (χ0) is 21.1. The van der Waals surface area contributed by atoms with Gasteiger partial charge in [0.05, 0.1) is 0 Å². The molecular formula is C28H31NO. The fourth-order valence-corrected chi connectivity index (χ4v) is 4.55. The monoisotopic (exact) mass is 397 g/mol. The van der Waals surface area contributed by atoms with Crippen molar-refractivity contribution >= 4 is 27.6 Å². The molecule has 0 fully saturated rings. The lowest BCUT2D eigenvalue weighted by molar-refractivity contribution is 0.103. The minimum Gasteiger partial charge on any atom is -0.340 e. The standard InChI is InChI=1S/C28H31NO/c1-4-6-12-21(5-2)19-29-26-15-10-9-14-24(26)25-18-22(16-17-27(25)29)28(30)23-13-8-7-11-20(23)3/h7-11,13-18,21H,4-6,12,19H2,1-3H3. The molecule has 0 aliphatic heterocycles. The lowest BCUT2D eigenvalue weighted by atomic mass is 9.97. The highest BCUT2D eigenvalue weighted by molar-refractivity contribution is 6.15. The zero-order valence-corrected chi connectivity index (χ0v) is 18.3. The first-order valence-corrected chi connectivity index (χ1v) is 11.2. The lowest BCUT2D eigenvalue weighted by Crippen LogP contribution is -2.10. The van der Waals surface area contributed by atoms with Crippen LogP contribution in [0.5, 0.6) is 0 Å². The van der Waals surface area contributed by atoms with Crippen molar-refractivity contribution < 1.29 is 4.79 Å². The molecule has 4 aromatic rings. The molecule has 1 heterocycles. The second-order valence-electron chi connectivity index (χ2n) is 8.42. The van der Waals surface area contributed by atoms with Gasteiger partial charge >= 0.3 is 0 Å². The topological polar surface area (TPSA) is 22.0 Å². The number of ketones is 1. The summed E-state index contributed by atoms with van der Waals surface area (Å²) in [5, 5.41) is 2.41. The van der Waals surface area contributed by atoms with Crippen LogP contribution in [0.3, 0.4) is 0 Å². The SMILES string of the molecule is CCCCC(CC)Cn1c2ccccc2c2cc(C(=O)c3ccccc3C)ccc21. The first-order chi connectivity index (χ1) is 14.6. The normalized spacial score (nSPS) is 12.5. The number of aryl methyl sites for hydroxylation is 1.